The fraction of sp³-hybridized carbons (Fsp3) is 0. The summed E-state index contributed by atoms with van der Waals surface area (Å²) in [5.41, 5.74) is 0. The molecule has 0 fully saturated rings. The number of thiol groups is 1. The van der Waals surface area contributed by atoms with Gasteiger partial charge in [0.05, 0.1) is 0 Å². The molecule has 0 N–H and O–H groups in total. The van der Waals surface area contributed by atoms with E-state index in [2.05, 4.69) is 12.6 Å². The van der Waals surface area contributed by atoms with E-state index in [1.54, 1.807) is 0 Å². The van der Waals surface area contributed by atoms with Gasteiger partial charge < -0.3 is 2.85 Å². The maximum absolute atomic E-state index is 7.18. The van der Waals surface area contributed by atoms with Gasteiger partial charge in [0, 0.05) is 0 Å². The molecule has 0 rings (SSSR count). The summed E-state index contributed by atoms with van der Waals surface area (Å²) in [5, 5.41) is 8.63. The summed E-state index contributed by atoms with van der Waals surface area (Å²) in [4.78, 5) is 0. The van der Waals surface area contributed by atoms with Crippen molar-refractivity contribution in [3.05, 3.63) is 0 Å². The monoisotopic (exact) mass is 149 g/mol. The second-order valence-corrected chi connectivity index (χ2v) is 0.300. The Morgan fingerprint density at radius 3 is 2.00 bits per heavy atom. The average molecular weight is 149 g/mol. The predicted molar refractivity (Wildman–Crippen MR) is 22.6 cm³/mol. The summed E-state index contributed by atoms with van der Waals surface area (Å²) in [6.07, 6.45) is 0. The first-order valence-electron chi connectivity index (χ1n) is 0.447. The average Bonchev–Trinajstić information content (AvgIpc) is 0.918. The molecule has 1 nitrogen and oxygen atoms in total. The van der Waals surface area contributed by atoms with E-state index in [0.717, 1.165) is 0 Å². The second kappa shape index (κ2) is 8.85. The van der Waals surface area contributed by atoms with Crippen molar-refractivity contribution in [1.29, 1.82) is 5.26 Å². The third-order valence-corrected chi connectivity index (χ3v) is 0. The molecule has 0 aromatic carbocycles. The smallest absolute Gasteiger partial charge is 1.00 e. The number of thiocyanates is 1. The van der Waals surface area contributed by atoms with Crippen LogP contribution in [-0.4, -0.2) is 45.5 Å². The quantitative estimate of drug-likeness (QED) is 0.297. The van der Waals surface area contributed by atoms with Gasteiger partial charge in [0.2, 0.25) is 0 Å². The zero-order chi connectivity index (χ0) is 2.71. The number of hydrogen-bond acceptors (Lipinski definition) is 2. The van der Waals surface area contributed by atoms with Crippen molar-refractivity contribution in [3.8, 4) is 5.40 Å². The molecule has 0 bridgehead atoms. The third kappa shape index (κ3) is 10.3. The van der Waals surface area contributed by atoms with Crippen molar-refractivity contribution in [2.45, 2.75) is 0 Å². The van der Waals surface area contributed by atoms with Gasteiger partial charge in [0.25, 0.3) is 0 Å². The second-order valence-electron chi connectivity index (χ2n) is 0.100. The minimum atomic E-state index is 0. The van der Waals surface area contributed by atoms with Gasteiger partial charge in [-0.05, 0) is 0 Å². The van der Waals surface area contributed by atoms with E-state index in [1.807, 2.05) is 0 Å². The summed E-state index contributed by atoms with van der Waals surface area (Å²) in [5.74, 6) is 0. The Balaban J connectivity index is -0.00000000667. The molecular formula is CH3NSSr. The van der Waals surface area contributed by atoms with Crippen molar-refractivity contribution >= 4 is 58.1 Å². The van der Waals surface area contributed by atoms with Crippen molar-refractivity contribution in [1.82, 2.24) is 0 Å². The number of rotatable bonds is 0. The van der Waals surface area contributed by atoms with Crippen LogP contribution in [0.25, 0.3) is 0 Å². The van der Waals surface area contributed by atoms with Gasteiger partial charge in [-0.3, -0.25) is 0 Å². The SMILES string of the molecule is N#CS.[H-].[H-].[Sr+2]. The van der Waals surface area contributed by atoms with E-state index in [1.165, 1.54) is 5.40 Å². The van der Waals surface area contributed by atoms with E-state index in [9.17, 15) is 0 Å². The normalized spacial score (nSPS) is 2.00. The van der Waals surface area contributed by atoms with E-state index < -0.39 is 0 Å². The summed E-state index contributed by atoms with van der Waals surface area (Å²) >= 11 is 3.09. The summed E-state index contributed by atoms with van der Waals surface area (Å²) < 4.78 is 0. The first-order valence-corrected chi connectivity index (χ1v) is 0.894. The molecular weight excluding hydrogens is 146 g/mol. The van der Waals surface area contributed by atoms with E-state index in [-0.39, 0.29) is 48.3 Å². The van der Waals surface area contributed by atoms with Crippen molar-refractivity contribution in [2.24, 2.45) is 0 Å². The van der Waals surface area contributed by atoms with Gasteiger partial charge in [-0.1, -0.05) is 12.6 Å². The molecule has 0 amide bonds. The predicted octanol–water partition coefficient (Wildman–Crippen LogP) is 0.241. The van der Waals surface area contributed by atoms with Crippen LogP contribution in [0.1, 0.15) is 2.85 Å². The Labute approximate surface area is 70.6 Å². The minimum absolute atomic E-state index is 0. The number of hydrogen-bond donors (Lipinski definition) is 1. The Hall–Kier alpha value is 1.32. The fourth-order valence-electron chi connectivity index (χ4n) is 0. The maximum atomic E-state index is 7.18. The van der Waals surface area contributed by atoms with Crippen LogP contribution in [0.5, 0.6) is 0 Å². The molecule has 0 radical (unpaired) electrons. The summed E-state index contributed by atoms with van der Waals surface area (Å²) in [7, 11) is 0. The Morgan fingerprint density at radius 2 is 2.00 bits per heavy atom. The van der Waals surface area contributed by atoms with Crippen LogP contribution < -0.4 is 0 Å². The molecule has 0 saturated heterocycles. The van der Waals surface area contributed by atoms with Crippen LogP contribution >= 0.6 is 12.6 Å². The number of nitriles is 1. The van der Waals surface area contributed by atoms with Gasteiger partial charge in [0.1, 0.15) is 5.40 Å². The Kier molecular flexibility index (Phi) is 19.9. The van der Waals surface area contributed by atoms with Gasteiger partial charge in [-0.25, -0.2) is 0 Å². The minimum Gasteiger partial charge on any atom is -1.00 e. The van der Waals surface area contributed by atoms with Crippen molar-refractivity contribution < 1.29 is 2.85 Å². The van der Waals surface area contributed by atoms with Crippen LogP contribution in [0, 0.1) is 10.7 Å². The van der Waals surface area contributed by atoms with Crippen LogP contribution in [0.4, 0.5) is 0 Å². The molecule has 0 atom stereocenters. The summed E-state index contributed by atoms with van der Waals surface area (Å²) in [6, 6.07) is 0. The van der Waals surface area contributed by atoms with E-state index in [0.29, 0.717) is 0 Å². The molecule has 0 aliphatic rings. The standard InChI is InChI=1S/CHNS.Sr.2H/c2-1-3;;;/h3H;;;/q;+2;2*-1. The first-order chi connectivity index (χ1) is 1.41. The van der Waals surface area contributed by atoms with E-state index in [4.69, 9.17) is 5.26 Å². The topological polar surface area (TPSA) is 23.8 Å². The molecule has 0 spiro atoms. The number of nitrogens with zero attached hydrogens (tertiary/aromatic N) is 1. The van der Waals surface area contributed by atoms with Crippen LogP contribution in [0.2, 0.25) is 0 Å². The van der Waals surface area contributed by atoms with E-state index >= 15 is 0 Å². The molecule has 0 aromatic rings. The molecule has 0 unspecified atom stereocenters. The summed E-state index contributed by atoms with van der Waals surface area (Å²) in [6.45, 7) is 0. The van der Waals surface area contributed by atoms with Gasteiger partial charge in [-0.15, -0.1) is 0 Å². The third-order valence-electron chi connectivity index (χ3n) is 0. The molecule has 0 aliphatic heterocycles. The molecule has 0 aliphatic carbocycles. The first kappa shape index (κ1) is 9.01. The largest absolute Gasteiger partial charge is 2.00 e. The van der Waals surface area contributed by atoms with Crippen molar-refractivity contribution in [2.75, 3.05) is 0 Å². The molecule has 4 heavy (non-hydrogen) atoms. The van der Waals surface area contributed by atoms with Gasteiger partial charge in [-0.2, -0.15) is 5.26 Å². The molecule has 20 valence electrons. The van der Waals surface area contributed by atoms with Gasteiger partial charge >= 0.3 is 45.5 Å². The van der Waals surface area contributed by atoms with Crippen LogP contribution in [0.15, 0.2) is 0 Å². The van der Waals surface area contributed by atoms with Gasteiger partial charge in [0.15, 0.2) is 0 Å². The zero-order valence-electron chi connectivity index (χ0n) is 4.10. The fourth-order valence-corrected chi connectivity index (χ4v) is 0. The molecule has 0 heterocycles. The molecule has 3 heteroatoms. The Morgan fingerprint density at radius 1 is 2.00 bits per heavy atom. The molecule has 0 aromatic heterocycles. The zero-order valence-corrected chi connectivity index (χ0v) is 6.47. The van der Waals surface area contributed by atoms with Crippen molar-refractivity contribution in [3.63, 3.8) is 0 Å². The maximum Gasteiger partial charge on any atom is 2.00 e. The van der Waals surface area contributed by atoms with Crippen LogP contribution in [-0.2, 0) is 0 Å². The molecule has 0 saturated carbocycles. The Bertz CT molecular complexity index is 35.0. The van der Waals surface area contributed by atoms with Crippen LogP contribution in [0.3, 0.4) is 0 Å².